The van der Waals surface area contributed by atoms with E-state index in [1.165, 1.54) is 162 Å². The molecule has 6 rings (SSSR count). The highest BCUT2D eigenvalue weighted by atomic mass is 16.6. The predicted molar refractivity (Wildman–Crippen MR) is 308 cm³/mol. The predicted octanol–water partition coefficient (Wildman–Crippen LogP) is 16.3. The minimum Gasteiger partial charge on any atom is -0.462 e. The van der Waals surface area contributed by atoms with Crippen molar-refractivity contribution in [1.29, 1.82) is 0 Å². The van der Waals surface area contributed by atoms with E-state index in [1.807, 2.05) is 0 Å². The summed E-state index contributed by atoms with van der Waals surface area (Å²) < 4.78 is 16.5. The molecule has 0 saturated carbocycles. The van der Waals surface area contributed by atoms with Crippen molar-refractivity contribution in [3.63, 3.8) is 0 Å². The molecular weight excluding hydrogens is 993 g/mol. The van der Waals surface area contributed by atoms with Gasteiger partial charge in [0.25, 0.3) is 0 Å². The molecule has 0 spiro atoms. The van der Waals surface area contributed by atoms with Crippen LogP contribution in [-0.4, -0.2) is 60.2 Å². The number of hydrogen-bond acceptors (Lipinski definition) is 11. The normalized spacial score (nSPS) is 10.9. The summed E-state index contributed by atoms with van der Waals surface area (Å²) in [5.41, 5.74) is 1.65. The van der Waals surface area contributed by atoms with Gasteiger partial charge in [-0.1, -0.05) is 214 Å². The highest BCUT2D eigenvalue weighted by molar-refractivity contribution is 6.50. The van der Waals surface area contributed by atoms with E-state index < -0.39 is 47.0 Å². The highest BCUT2D eigenvalue weighted by Gasteiger charge is 2.27. The first-order valence-corrected chi connectivity index (χ1v) is 28.4. The van der Waals surface area contributed by atoms with Crippen LogP contribution in [0.25, 0.3) is 22.3 Å². The van der Waals surface area contributed by atoms with Gasteiger partial charge in [-0.15, -0.1) is 0 Å². The zero-order chi connectivity index (χ0) is 56.2. The van der Waals surface area contributed by atoms with Gasteiger partial charge in [0.2, 0.25) is 23.1 Å². The molecule has 11 heteroatoms. The molecule has 11 nitrogen and oxygen atoms in total. The summed E-state index contributed by atoms with van der Waals surface area (Å²) in [4.78, 5) is 109. The molecule has 0 heterocycles. The van der Waals surface area contributed by atoms with Gasteiger partial charge in [-0.05, 0) is 95.8 Å². The number of carbonyl (C=O) groups excluding carboxylic acids is 8. The van der Waals surface area contributed by atoms with Gasteiger partial charge in [0.1, 0.15) is 0 Å². The smallest absolute Gasteiger partial charge is 0.346 e. The topological polar surface area (TPSA) is 164 Å². The van der Waals surface area contributed by atoms with E-state index >= 15 is 0 Å². The van der Waals surface area contributed by atoms with Crippen molar-refractivity contribution in [3.05, 3.63) is 190 Å². The molecule has 0 amide bonds. The first-order valence-electron chi connectivity index (χ1n) is 28.4. The second-order valence-corrected chi connectivity index (χ2v) is 20.0. The summed E-state index contributed by atoms with van der Waals surface area (Å²) >= 11 is 0. The number of hydrogen-bond donors (Lipinski definition) is 0. The molecule has 0 aromatic heterocycles. The van der Waals surface area contributed by atoms with Crippen LogP contribution in [0.2, 0.25) is 0 Å². The molecule has 79 heavy (non-hydrogen) atoms. The van der Waals surface area contributed by atoms with Gasteiger partial charge in [-0.2, -0.15) is 0 Å². The Hall–Kier alpha value is -7.92. The Kier molecular flexibility index (Phi) is 25.0. The van der Waals surface area contributed by atoms with Crippen molar-refractivity contribution in [1.82, 2.24) is 0 Å². The Balaban J connectivity index is 1.17. The lowest BCUT2D eigenvalue weighted by atomic mass is 9.91. The fraction of sp³-hybridized carbons (Fsp3) is 0.353. The third kappa shape index (κ3) is 18.6. The van der Waals surface area contributed by atoms with Crippen molar-refractivity contribution < 1.29 is 52.6 Å². The average Bonchev–Trinajstić information content (AvgIpc) is 3.54. The van der Waals surface area contributed by atoms with Crippen LogP contribution in [0.3, 0.4) is 0 Å². The zero-order valence-electron chi connectivity index (χ0n) is 45.9. The van der Waals surface area contributed by atoms with Crippen molar-refractivity contribution in [2.45, 2.75) is 142 Å². The molecule has 6 aromatic carbocycles. The number of carbonyl (C=O) groups is 8. The van der Waals surface area contributed by atoms with E-state index in [1.54, 1.807) is 60.7 Å². The molecule has 0 aliphatic carbocycles. The van der Waals surface area contributed by atoms with Gasteiger partial charge in [-0.3, -0.25) is 19.2 Å². The third-order valence-electron chi connectivity index (χ3n) is 14.0. The van der Waals surface area contributed by atoms with Crippen LogP contribution < -0.4 is 0 Å². The Labute approximate surface area is 465 Å². The first-order chi connectivity index (χ1) is 38.5. The lowest BCUT2D eigenvalue weighted by molar-refractivity contribution is 0.0394. The van der Waals surface area contributed by atoms with Crippen LogP contribution in [0.1, 0.15) is 225 Å². The molecule has 0 N–H and O–H groups in total. The fourth-order valence-corrected chi connectivity index (χ4v) is 9.35. The molecule has 6 aromatic rings. The number of rotatable bonds is 34. The molecule has 0 aliphatic heterocycles. The number of ether oxygens (including phenoxy) is 3. The molecular formula is C68H74O11. The van der Waals surface area contributed by atoms with Crippen LogP contribution >= 0.6 is 0 Å². The fourth-order valence-electron chi connectivity index (χ4n) is 9.35. The zero-order valence-corrected chi connectivity index (χ0v) is 45.9. The summed E-state index contributed by atoms with van der Waals surface area (Å²) in [6.45, 7) is 4.98. The quantitative estimate of drug-likeness (QED) is 0.00943. The minimum absolute atomic E-state index is 0.0312. The van der Waals surface area contributed by atoms with Crippen molar-refractivity contribution in [2.24, 2.45) is 0 Å². The largest absolute Gasteiger partial charge is 0.462 e. The van der Waals surface area contributed by atoms with Crippen LogP contribution in [0.4, 0.5) is 0 Å². The van der Waals surface area contributed by atoms with Gasteiger partial charge in [-0.25, -0.2) is 19.2 Å². The van der Waals surface area contributed by atoms with E-state index in [9.17, 15) is 38.4 Å². The maximum absolute atomic E-state index is 13.9. The second-order valence-electron chi connectivity index (χ2n) is 20.0. The third-order valence-corrected chi connectivity index (χ3v) is 14.0. The maximum atomic E-state index is 13.9. The maximum Gasteiger partial charge on any atom is 0.346 e. The summed E-state index contributed by atoms with van der Waals surface area (Å²) in [6.07, 6.45) is 23.0. The number of benzene rings is 6. The molecule has 0 atom stereocenters. The monoisotopic (exact) mass is 1070 g/mol. The standard InChI is InChI=1S/C68H74O11/c1-3-5-7-9-11-13-15-17-19-27-45-77-65(73)53-37-33-49(34-38-53)59-47-55(41-43-57(59)63(71)61(69)51-29-23-21-24-30-51)67(75)79-68(76)56-42-44-58(64(72)62(70)52-31-25-22-26-32-52)60(48-56)50-35-39-54(40-36-50)66(74)78-46-28-20-18-16-14-12-10-8-6-4-2/h21-26,29-44,47-48H,3-20,27-28,45-46H2,1-2H3. The average molecular weight is 1070 g/mol. The minimum atomic E-state index is -1.09. The number of unbranched alkanes of at least 4 members (excludes halogenated alkanes) is 18. The SMILES string of the molecule is CCCCCCCCCCCCOC(=O)c1ccc(-c2cc(C(=O)OC(=O)c3ccc(C(=O)C(=O)c4ccccc4)c(-c4ccc(C(=O)OCCCCCCCCCCCC)cc4)c3)ccc2C(=O)C(=O)c2ccccc2)cc1. The Morgan fingerprint density at radius 3 is 0.924 bits per heavy atom. The second kappa shape index (κ2) is 32.7. The van der Waals surface area contributed by atoms with Gasteiger partial charge >= 0.3 is 23.9 Å². The molecule has 0 radical (unpaired) electrons. The van der Waals surface area contributed by atoms with E-state index in [0.29, 0.717) is 11.1 Å². The van der Waals surface area contributed by atoms with Crippen LogP contribution in [-0.2, 0) is 14.2 Å². The lowest BCUT2D eigenvalue weighted by Gasteiger charge is -2.13. The van der Waals surface area contributed by atoms with Crippen molar-refractivity contribution in [3.8, 4) is 22.3 Å². The van der Waals surface area contributed by atoms with E-state index in [2.05, 4.69) is 13.8 Å². The summed E-state index contributed by atoms with van der Waals surface area (Å²) in [5, 5.41) is 0. The van der Waals surface area contributed by atoms with Gasteiger partial charge in [0.05, 0.1) is 35.5 Å². The van der Waals surface area contributed by atoms with Gasteiger partial charge in [0.15, 0.2) is 0 Å². The Morgan fingerprint density at radius 1 is 0.291 bits per heavy atom. The van der Waals surface area contributed by atoms with Gasteiger partial charge < -0.3 is 14.2 Å². The number of Topliss-reactive ketones (excluding diaryl/α,β-unsaturated/α-hetero) is 4. The number of ketones is 4. The lowest BCUT2D eigenvalue weighted by Crippen LogP contribution is -2.18. The highest BCUT2D eigenvalue weighted by Crippen LogP contribution is 2.31. The molecule has 0 unspecified atom stereocenters. The van der Waals surface area contributed by atoms with E-state index in [4.69, 9.17) is 14.2 Å². The van der Waals surface area contributed by atoms with Gasteiger partial charge in [0, 0.05) is 22.3 Å². The van der Waals surface area contributed by atoms with Crippen LogP contribution in [0.5, 0.6) is 0 Å². The molecule has 412 valence electrons. The summed E-state index contributed by atoms with van der Waals surface area (Å²) in [7, 11) is 0. The summed E-state index contributed by atoms with van der Waals surface area (Å²) in [6, 6.07) is 36.4. The van der Waals surface area contributed by atoms with E-state index in [-0.39, 0.29) is 68.8 Å². The molecule has 0 fully saturated rings. The first kappa shape index (κ1) is 60.3. The van der Waals surface area contributed by atoms with Crippen molar-refractivity contribution in [2.75, 3.05) is 13.2 Å². The Bertz CT molecular complexity index is 2770. The summed E-state index contributed by atoms with van der Waals surface area (Å²) in [5.74, 6) is -6.46. The Morgan fingerprint density at radius 2 is 0.595 bits per heavy atom. The molecule has 0 bridgehead atoms. The molecule has 0 aliphatic rings. The van der Waals surface area contributed by atoms with Crippen LogP contribution in [0, 0.1) is 0 Å². The van der Waals surface area contributed by atoms with E-state index in [0.717, 1.165) is 51.4 Å². The van der Waals surface area contributed by atoms with Crippen LogP contribution in [0.15, 0.2) is 146 Å². The molecule has 0 saturated heterocycles. The number of esters is 4. The van der Waals surface area contributed by atoms with Crippen molar-refractivity contribution >= 4 is 47.0 Å².